The second kappa shape index (κ2) is 6.42. The fraction of sp³-hybridized carbons (Fsp3) is 0.167. The summed E-state index contributed by atoms with van der Waals surface area (Å²) in [5.41, 5.74) is -0.502. The SMILES string of the molecule is CC1=CC(=C2C(=O)NC(=O)NC2=O)C=C(C(F)(F)F)N1c1ccc(C)cc1. The highest BCUT2D eigenvalue weighted by molar-refractivity contribution is 6.29. The standard InChI is InChI=1S/C18H14F3N3O3/c1-9-3-5-12(6-4-9)24-10(2)7-11(8-13(24)18(19,20)21)14-15(25)22-17(27)23-16(14)26/h3-8H,1-2H3,(H2,22,23,25,26,27). The molecule has 0 aromatic heterocycles. The normalized spacial score (nSPS) is 18.1. The van der Waals surface area contributed by atoms with Crippen molar-refractivity contribution in [2.45, 2.75) is 20.0 Å². The molecule has 3 rings (SSSR count). The molecule has 9 heteroatoms. The first kappa shape index (κ1) is 18.4. The fourth-order valence-electron chi connectivity index (χ4n) is 2.85. The monoisotopic (exact) mass is 377 g/mol. The molecule has 0 radical (unpaired) electrons. The maximum atomic E-state index is 13.7. The largest absolute Gasteiger partial charge is 0.431 e. The van der Waals surface area contributed by atoms with Gasteiger partial charge in [-0.05, 0) is 43.7 Å². The van der Waals surface area contributed by atoms with E-state index >= 15 is 0 Å². The highest BCUT2D eigenvalue weighted by Gasteiger charge is 2.41. The van der Waals surface area contributed by atoms with Crippen molar-refractivity contribution in [2.75, 3.05) is 4.90 Å². The Balaban J connectivity index is 2.16. The average molecular weight is 377 g/mol. The molecule has 0 saturated carbocycles. The maximum absolute atomic E-state index is 13.7. The van der Waals surface area contributed by atoms with Crippen molar-refractivity contribution in [3.05, 3.63) is 64.5 Å². The summed E-state index contributed by atoms with van der Waals surface area (Å²) >= 11 is 0. The zero-order chi connectivity index (χ0) is 19.9. The number of benzene rings is 1. The molecule has 0 bridgehead atoms. The summed E-state index contributed by atoms with van der Waals surface area (Å²) in [4.78, 5) is 36.1. The Morgan fingerprint density at radius 3 is 1.96 bits per heavy atom. The lowest BCUT2D eigenvalue weighted by molar-refractivity contribution is -0.124. The quantitative estimate of drug-likeness (QED) is 0.583. The van der Waals surface area contributed by atoms with Gasteiger partial charge in [0, 0.05) is 11.4 Å². The van der Waals surface area contributed by atoms with Gasteiger partial charge < -0.3 is 4.90 Å². The van der Waals surface area contributed by atoms with Crippen LogP contribution in [0.2, 0.25) is 0 Å². The Labute approximate surface area is 152 Å². The van der Waals surface area contributed by atoms with E-state index < -0.39 is 35.3 Å². The number of nitrogens with zero attached hydrogens (tertiary/aromatic N) is 1. The molecule has 4 amide bonds. The molecular weight excluding hydrogens is 363 g/mol. The number of nitrogens with one attached hydrogen (secondary N) is 2. The van der Waals surface area contributed by atoms with Crippen molar-refractivity contribution in [1.82, 2.24) is 10.6 Å². The van der Waals surface area contributed by atoms with Gasteiger partial charge in [0.25, 0.3) is 11.8 Å². The second-order valence-electron chi connectivity index (χ2n) is 6.05. The van der Waals surface area contributed by atoms with Crippen LogP contribution in [0.4, 0.5) is 23.7 Å². The van der Waals surface area contributed by atoms with E-state index in [-0.39, 0.29) is 17.0 Å². The Bertz CT molecular complexity index is 919. The van der Waals surface area contributed by atoms with Crippen LogP contribution in [0.5, 0.6) is 0 Å². The van der Waals surface area contributed by atoms with Gasteiger partial charge in [0.05, 0.1) is 0 Å². The van der Waals surface area contributed by atoms with Crippen LogP contribution < -0.4 is 15.5 Å². The second-order valence-corrected chi connectivity index (χ2v) is 6.05. The van der Waals surface area contributed by atoms with Gasteiger partial charge >= 0.3 is 12.2 Å². The molecular formula is C18H14F3N3O3. The third kappa shape index (κ3) is 3.48. The highest BCUT2D eigenvalue weighted by atomic mass is 19.4. The number of barbiturate groups is 1. The third-order valence-electron chi connectivity index (χ3n) is 4.03. The van der Waals surface area contributed by atoms with Crippen molar-refractivity contribution in [2.24, 2.45) is 0 Å². The van der Waals surface area contributed by atoms with Gasteiger partial charge in [-0.25, -0.2) is 4.79 Å². The Morgan fingerprint density at radius 2 is 1.44 bits per heavy atom. The van der Waals surface area contributed by atoms with Crippen LogP contribution in [-0.4, -0.2) is 24.0 Å². The predicted molar refractivity (Wildman–Crippen MR) is 90.3 cm³/mol. The lowest BCUT2D eigenvalue weighted by Gasteiger charge is -2.33. The zero-order valence-electron chi connectivity index (χ0n) is 14.3. The lowest BCUT2D eigenvalue weighted by Crippen LogP contribution is -2.52. The topological polar surface area (TPSA) is 78.5 Å². The average Bonchev–Trinajstić information content (AvgIpc) is 2.53. The minimum Gasteiger partial charge on any atom is -0.310 e. The molecule has 2 aliphatic rings. The van der Waals surface area contributed by atoms with Crippen molar-refractivity contribution >= 4 is 23.5 Å². The smallest absolute Gasteiger partial charge is 0.310 e. The molecule has 1 aromatic rings. The number of halogens is 3. The minimum atomic E-state index is -4.75. The molecule has 0 aliphatic carbocycles. The summed E-state index contributed by atoms with van der Waals surface area (Å²) in [6.07, 6.45) is -2.74. The van der Waals surface area contributed by atoms with Gasteiger partial charge in [-0.15, -0.1) is 0 Å². The molecule has 2 heterocycles. The van der Waals surface area contributed by atoms with Gasteiger partial charge in [-0.1, -0.05) is 17.7 Å². The first-order valence-electron chi connectivity index (χ1n) is 7.83. The zero-order valence-corrected chi connectivity index (χ0v) is 14.3. The number of urea groups is 1. The number of carbonyl (C=O) groups excluding carboxylic acids is 3. The highest BCUT2D eigenvalue weighted by Crippen LogP contribution is 2.39. The molecule has 0 spiro atoms. The molecule has 1 fully saturated rings. The summed E-state index contributed by atoms with van der Waals surface area (Å²) in [7, 11) is 0. The number of amides is 4. The number of carbonyl (C=O) groups is 3. The van der Waals surface area contributed by atoms with E-state index in [1.54, 1.807) is 24.3 Å². The molecule has 1 saturated heterocycles. The van der Waals surface area contributed by atoms with Crippen LogP contribution in [0.15, 0.2) is 59.0 Å². The van der Waals surface area contributed by atoms with E-state index in [0.717, 1.165) is 16.5 Å². The van der Waals surface area contributed by atoms with E-state index in [1.165, 1.54) is 13.0 Å². The first-order chi connectivity index (χ1) is 12.6. The van der Waals surface area contributed by atoms with E-state index in [0.29, 0.717) is 0 Å². The van der Waals surface area contributed by atoms with Crippen molar-refractivity contribution in [3.8, 4) is 0 Å². The molecule has 6 nitrogen and oxygen atoms in total. The Morgan fingerprint density at radius 1 is 0.889 bits per heavy atom. The van der Waals surface area contributed by atoms with Gasteiger partial charge in [-0.2, -0.15) is 13.2 Å². The van der Waals surface area contributed by atoms with Gasteiger partial charge in [0.2, 0.25) is 0 Å². The lowest BCUT2D eigenvalue weighted by atomic mass is 9.98. The number of anilines is 1. The molecule has 1 aromatic carbocycles. The number of alkyl halides is 3. The minimum absolute atomic E-state index is 0.161. The summed E-state index contributed by atoms with van der Waals surface area (Å²) < 4.78 is 41.1. The van der Waals surface area contributed by atoms with Crippen LogP contribution in [0.1, 0.15) is 12.5 Å². The predicted octanol–water partition coefficient (Wildman–Crippen LogP) is 2.83. The Hall–Kier alpha value is -3.36. The van der Waals surface area contributed by atoms with E-state index in [4.69, 9.17) is 0 Å². The van der Waals surface area contributed by atoms with Crippen molar-refractivity contribution < 1.29 is 27.6 Å². The van der Waals surface area contributed by atoms with E-state index in [9.17, 15) is 27.6 Å². The van der Waals surface area contributed by atoms with Gasteiger partial charge in [0.15, 0.2) is 0 Å². The number of imide groups is 2. The van der Waals surface area contributed by atoms with Crippen LogP contribution in [-0.2, 0) is 9.59 Å². The number of rotatable bonds is 1. The molecule has 2 N–H and O–H groups in total. The first-order valence-corrected chi connectivity index (χ1v) is 7.83. The van der Waals surface area contributed by atoms with E-state index in [2.05, 4.69) is 0 Å². The van der Waals surface area contributed by atoms with Gasteiger partial charge in [0.1, 0.15) is 11.3 Å². The molecule has 0 atom stereocenters. The number of aryl methyl sites for hydroxylation is 1. The summed E-state index contributed by atoms with van der Waals surface area (Å²) in [6, 6.07) is 5.43. The van der Waals surface area contributed by atoms with Crippen LogP contribution in [0, 0.1) is 6.92 Å². The van der Waals surface area contributed by atoms with Crippen molar-refractivity contribution in [1.29, 1.82) is 0 Å². The molecule has 2 aliphatic heterocycles. The van der Waals surface area contributed by atoms with Gasteiger partial charge in [-0.3, -0.25) is 20.2 Å². The number of hydrogen-bond donors (Lipinski definition) is 2. The van der Waals surface area contributed by atoms with E-state index in [1.807, 2.05) is 17.6 Å². The molecule has 140 valence electrons. The summed E-state index contributed by atoms with van der Waals surface area (Å²) in [6.45, 7) is 3.25. The van der Waals surface area contributed by atoms with Crippen LogP contribution in [0.3, 0.4) is 0 Å². The molecule has 27 heavy (non-hydrogen) atoms. The molecule has 0 unspecified atom stereocenters. The maximum Gasteiger partial charge on any atom is 0.431 e. The fourth-order valence-corrected chi connectivity index (χ4v) is 2.85. The summed E-state index contributed by atoms with van der Waals surface area (Å²) in [5.74, 6) is -2.10. The number of hydrogen-bond acceptors (Lipinski definition) is 4. The van der Waals surface area contributed by atoms with Crippen LogP contribution in [0.25, 0.3) is 0 Å². The third-order valence-corrected chi connectivity index (χ3v) is 4.03. The van der Waals surface area contributed by atoms with Crippen molar-refractivity contribution in [3.63, 3.8) is 0 Å². The number of allylic oxidation sites excluding steroid dienone is 5. The summed E-state index contributed by atoms with van der Waals surface area (Å²) in [5, 5.41) is 3.71. The Kier molecular flexibility index (Phi) is 4.38. The van der Waals surface area contributed by atoms with Crippen LogP contribution >= 0.6 is 0 Å².